The lowest BCUT2D eigenvalue weighted by atomic mass is 10.1. The molecule has 0 saturated heterocycles. The number of hydrazine groups is 1. The molecule has 0 radical (unpaired) electrons. The molecule has 0 aliphatic carbocycles. The van der Waals surface area contributed by atoms with E-state index in [0.29, 0.717) is 32.7 Å². The highest BCUT2D eigenvalue weighted by atomic mass is 35.5. The number of halogens is 2. The van der Waals surface area contributed by atoms with E-state index in [0.717, 1.165) is 0 Å². The number of benzene rings is 2. The number of hydrogen-bond donors (Lipinski definition) is 2. The van der Waals surface area contributed by atoms with Crippen molar-refractivity contribution < 1.29 is 19.1 Å². The van der Waals surface area contributed by atoms with Gasteiger partial charge in [0.05, 0.1) is 20.6 Å². The zero-order valence-electron chi connectivity index (χ0n) is 13.6. The van der Waals surface area contributed by atoms with E-state index in [2.05, 4.69) is 10.9 Å². The van der Waals surface area contributed by atoms with Crippen LogP contribution in [-0.2, 0) is 11.2 Å². The Kier molecular flexibility index (Phi) is 6.50. The molecule has 6 nitrogen and oxygen atoms in total. The van der Waals surface area contributed by atoms with E-state index < -0.39 is 11.8 Å². The molecule has 0 bridgehead atoms. The smallest absolute Gasteiger partial charge is 0.269 e. The van der Waals surface area contributed by atoms with Crippen LogP contribution in [0, 0.1) is 0 Å². The second kappa shape index (κ2) is 8.60. The molecule has 2 rings (SSSR count). The van der Waals surface area contributed by atoms with Crippen LogP contribution in [0.3, 0.4) is 0 Å². The standard InChI is InChI=1S/C17H16Cl2N2O4/c1-24-14-6-4-11(7-15(14)25-2)17(23)21-20-16(22)8-10-3-5-12(18)9-13(10)19/h3-7,9H,8H2,1-2H3,(H,20,22)(H,21,23). The molecule has 2 amide bonds. The second-order valence-corrected chi connectivity index (χ2v) is 5.83. The highest BCUT2D eigenvalue weighted by Crippen LogP contribution is 2.27. The summed E-state index contributed by atoms with van der Waals surface area (Å²) in [7, 11) is 2.97. The summed E-state index contributed by atoms with van der Waals surface area (Å²) in [6, 6.07) is 9.50. The molecular weight excluding hydrogens is 367 g/mol. The number of nitrogens with one attached hydrogen (secondary N) is 2. The van der Waals surface area contributed by atoms with E-state index in [1.54, 1.807) is 30.3 Å². The van der Waals surface area contributed by atoms with Gasteiger partial charge in [0.2, 0.25) is 5.91 Å². The van der Waals surface area contributed by atoms with E-state index in [-0.39, 0.29) is 6.42 Å². The van der Waals surface area contributed by atoms with Gasteiger partial charge in [-0.1, -0.05) is 29.3 Å². The maximum atomic E-state index is 12.1. The predicted molar refractivity (Wildman–Crippen MR) is 95.3 cm³/mol. The fourth-order valence-electron chi connectivity index (χ4n) is 2.06. The molecule has 2 N–H and O–H groups in total. The van der Waals surface area contributed by atoms with Gasteiger partial charge < -0.3 is 9.47 Å². The first kappa shape index (κ1) is 18.9. The van der Waals surface area contributed by atoms with Crippen molar-refractivity contribution in [1.82, 2.24) is 10.9 Å². The van der Waals surface area contributed by atoms with Crippen molar-refractivity contribution in [2.24, 2.45) is 0 Å². The van der Waals surface area contributed by atoms with Gasteiger partial charge in [0.1, 0.15) is 0 Å². The van der Waals surface area contributed by atoms with Gasteiger partial charge in [-0.2, -0.15) is 0 Å². The highest BCUT2D eigenvalue weighted by Gasteiger charge is 2.12. The molecule has 25 heavy (non-hydrogen) atoms. The van der Waals surface area contributed by atoms with Crippen LogP contribution in [0.1, 0.15) is 15.9 Å². The number of methoxy groups -OCH3 is 2. The molecule has 0 aliphatic heterocycles. The van der Waals surface area contributed by atoms with E-state index >= 15 is 0 Å². The summed E-state index contributed by atoms with van der Waals surface area (Å²) in [6.45, 7) is 0. The number of amides is 2. The molecule has 2 aromatic carbocycles. The minimum atomic E-state index is -0.489. The molecule has 0 fully saturated rings. The first-order valence-corrected chi connectivity index (χ1v) is 7.95. The average molecular weight is 383 g/mol. The predicted octanol–water partition coefficient (Wildman–Crippen LogP) is 3.01. The first-order valence-electron chi connectivity index (χ1n) is 7.19. The van der Waals surface area contributed by atoms with Crippen molar-refractivity contribution in [3.8, 4) is 11.5 Å². The minimum absolute atomic E-state index is 0.00220. The summed E-state index contributed by atoms with van der Waals surface area (Å²) >= 11 is 11.8. The molecule has 8 heteroatoms. The summed E-state index contributed by atoms with van der Waals surface area (Å²) in [5, 5.41) is 0.866. The van der Waals surface area contributed by atoms with Gasteiger partial charge in [0.15, 0.2) is 11.5 Å². The van der Waals surface area contributed by atoms with Crippen LogP contribution < -0.4 is 20.3 Å². The minimum Gasteiger partial charge on any atom is -0.493 e. The lowest BCUT2D eigenvalue weighted by Gasteiger charge is -2.11. The Bertz CT molecular complexity index is 796. The third-order valence-corrected chi connectivity index (χ3v) is 3.91. The summed E-state index contributed by atoms with van der Waals surface area (Å²) in [4.78, 5) is 24.1. The summed E-state index contributed by atoms with van der Waals surface area (Å²) in [5.74, 6) is 0.00411. The Hall–Kier alpha value is -2.44. The average Bonchev–Trinajstić information content (AvgIpc) is 2.61. The molecule has 0 aromatic heterocycles. The molecule has 2 aromatic rings. The van der Waals surface area contributed by atoms with Gasteiger partial charge in [-0.15, -0.1) is 0 Å². The van der Waals surface area contributed by atoms with E-state index in [9.17, 15) is 9.59 Å². The van der Waals surface area contributed by atoms with Gasteiger partial charge in [-0.25, -0.2) is 0 Å². The van der Waals surface area contributed by atoms with Crippen molar-refractivity contribution in [3.05, 3.63) is 57.6 Å². The Morgan fingerprint density at radius 1 is 0.960 bits per heavy atom. The zero-order chi connectivity index (χ0) is 18.4. The zero-order valence-corrected chi connectivity index (χ0v) is 15.1. The fourth-order valence-corrected chi connectivity index (χ4v) is 2.53. The van der Waals surface area contributed by atoms with Crippen molar-refractivity contribution in [2.75, 3.05) is 14.2 Å². The van der Waals surface area contributed by atoms with E-state index in [4.69, 9.17) is 32.7 Å². The third kappa shape index (κ3) is 5.01. The Morgan fingerprint density at radius 3 is 2.32 bits per heavy atom. The van der Waals surface area contributed by atoms with Crippen LogP contribution in [0.15, 0.2) is 36.4 Å². The van der Waals surface area contributed by atoms with Crippen molar-refractivity contribution >= 4 is 35.0 Å². The Balaban J connectivity index is 1.96. The monoisotopic (exact) mass is 382 g/mol. The molecule has 0 heterocycles. The molecule has 0 aliphatic rings. The van der Waals surface area contributed by atoms with E-state index in [1.807, 2.05) is 0 Å². The SMILES string of the molecule is COc1ccc(C(=O)NNC(=O)Cc2ccc(Cl)cc2Cl)cc1OC. The maximum absolute atomic E-state index is 12.1. The molecule has 0 atom stereocenters. The topological polar surface area (TPSA) is 76.7 Å². The van der Waals surface area contributed by atoms with Gasteiger partial charge in [0, 0.05) is 15.6 Å². The molecule has 0 spiro atoms. The fraction of sp³-hybridized carbons (Fsp3) is 0.176. The van der Waals surface area contributed by atoms with Crippen molar-refractivity contribution in [3.63, 3.8) is 0 Å². The van der Waals surface area contributed by atoms with Gasteiger partial charge in [-0.05, 0) is 35.9 Å². The van der Waals surface area contributed by atoms with Crippen LogP contribution in [0.2, 0.25) is 10.0 Å². The van der Waals surface area contributed by atoms with Crippen LogP contribution in [0.25, 0.3) is 0 Å². The van der Waals surface area contributed by atoms with Gasteiger partial charge in [0.25, 0.3) is 5.91 Å². The third-order valence-electron chi connectivity index (χ3n) is 3.33. The van der Waals surface area contributed by atoms with Crippen LogP contribution in [0.4, 0.5) is 0 Å². The quantitative estimate of drug-likeness (QED) is 0.779. The van der Waals surface area contributed by atoms with E-state index in [1.165, 1.54) is 20.3 Å². The number of hydrogen-bond acceptors (Lipinski definition) is 4. The number of rotatable bonds is 5. The molecule has 132 valence electrons. The summed E-state index contributed by atoms with van der Waals surface area (Å²) in [6.07, 6.45) is 0.00220. The maximum Gasteiger partial charge on any atom is 0.269 e. The molecular formula is C17H16Cl2N2O4. The molecule has 0 saturated carbocycles. The summed E-state index contributed by atoms with van der Waals surface area (Å²) in [5.41, 5.74) is 5.58. The lowest BCUT2D eigenvalue weighted by molar-refractivity contribution is -0.121. The van der Waals surface area contributed by atoms with Gasteiger partial charge in [-0.3, -0.25) is 20.4 Å². The normalized spacial score (nSPS) is 10.1. The Morgan fingerprint density at radius 2 is 1.68 bits per heavy atom. The number of ether oxygens (including phenoxy) is 2. The lowest BCUT2D eigenvalue weighted by Crippen LogP contribution is -2.42. The molecule has 0 unspecified atom stereocenters. The van der Waals surface area contributed by atoms with Gasteiger partial charge >= 0.3 is 0 Å². The van der Waals surface area contributed by atoms with Crippen LogP contribution in [0.5, 0.6) is 11.5 Å². The highest BCUT2D eigenvalue weighted by molar-refractivity contribution is 6.35. The Labute approximate surface area is 155 Å². The van der Waals surface area contributed by atoms with Crippen LogP contribution >= 0.6 is 23.2 Å². The second-order valence-electron chi connectivity index (χ2n) is 4.98. The largest absolute Gasteiger partial charge is 0.493 e. The number of carbonyl (C=O) groups is 2. The van der Waals surface area contributed by atoms with Crippen molar-refractivity contribution in [1.29, 1.82) is 0 Å². The van der Waals surface area contributed by atoms with Crippen molar-refractivity contribution in [2.45, 2.75) is 6.42 Å². The van der Waals surface area contributed by atoms with Crippen LogP contribution in [-0.4, -0.2) is 26.0 Å². The number of carbonyl (C=O) groups excluding carboxylic acids is 2. The first-order chi connectivity index (χ1) is 11.9. The summed E-state index contributed by atoms with van der Waals surface area (Å²) < 4.78 is 10.2.